The molecule has 0 amide bonds. The summed E-state index contributed by atoms with van der Waals surface area (Å²) < 4.78 is 44.1. The van der Waals surface area contributed by atoms with Crippen molar-refractivity contribution >= 4 is 22.1 Å². The van der Waals surface area contributed by atoms with Crippen molar-refractivity contribution < 1.29 is 32.0 Å². The fourth-order valence-electron chi connectivity index (χ4n) is 3.09. The second-order valence-electron chi connectivity index (χ2n) is 7.45. The van der Waals surface area contributed by atoms with Gasteiger partial charge in [-0.2, -0.15) is 8.42 Å². The first-order chi connectivity index (χ1) is 15.3. The number of benzene rings is 2. The van der Waals surface area contributed by atoms with Crippen LogP contribution in [0, 0.1) is 0 Å². The van der Waals surface area contributed by atoms with Crippen molar-refractivity contribution in [3.05, 3.63) is 53.6 Å². The van der Waals surface area contributed by atoms with Gasteiger partial charge in [-0.3, -0.25) is 4.55 Å². The summed E-state index contributed by atoms with van der Waals surface area (Å²) in [5.41, 5.74) is 1.04. The van der Waals surface area contributed by atoms with Gasteiger partial charge in [-0.05, 0) is 42.7 Å². The summed E-state index contributed by atoms with van der Waals surface area (Å²) in [6, 6.07) is 10.2. The average Bonchev–Trinajstić information content (AvgIpc) is 2.78. The normalized spacial score (nSPS) is 11.2. The van der Waals surface area contributed by atoms with Crippen molar-refractivity contribution in [2.75, 3.05) is 13.2 Å². The third-order valence-corrected chi connectivity index (χ3v) is 5.78. The Morgan fingerprint density at radius 2 is 1.28 bits per heavy atom. The number of unbranched alkanes of at least 4 members (excludes halogenated alkanes) is 4. The maximum absolute atomic E-state index is 12.2. The molecule has 0 radical (unpaired) electrons. The lowest BCUT2D eigenvalue weighted by Crippen LogP contribution is -2.09. The molecular weight excluding hydrogens is 432 g/mol. The quantitative estimate of drug-likeness (QED) is 0.259. The van der Waals surface area contributed by atoms with Crippen molar-refractivity contribution in [3.63, 3.8) is 0 Å². The Kier molecular flexibility index (Phi) is 9.87. The first-order valence-electron chi connectivity index (χ1n) is 10.8. The van der Waals surface area contributed by atoms with Crippen molar-refractivity contribution in [1.82, 2.24) is 0 Å². The van der Waals surface area contributed by atoms with Crippen LogP contribution in [0.3, 0.4) is 0 Å². The fourth-order valence-corrected chi connectivity index (χ4v) is 3.83. The van der Waals surface area contributed by atoms with Crippen LogP contribution < -0.4 is 0 Å². The molecule has 174 valence electrons. The summed E-state index contributed by atoms with van der Waals surface area (Å²) in [5, 5.41) is 0. The van der Waals surface area contributed by atoms with E-state index in [1.165, 1.54) is 24.3 Å². The maximum atomic E-state index is 12.2. The minimum atomic E-state index is -4.61. The zero-order valence-corrected chi connectivity index (χ0v) is 19.3. The van der Waals surface area contributed by atoms with Crippen LogP contribution >= 0.6 is 0 Å². The van der Waals surface area contributed by atoms with Gasteiger partial charge >= 0.3 is 11.9 Å². The summed E-state index contributed by atoms with van der Waals surface area (Å²) in [7, 11) is -4.61. The Morgan fingerprint density at radius 3 is 1.78 bits per heavy atom. The van der Waals surface area contributed by atoms with E-state index in [9.17, 15) is 22.6 Å². The Balaban J connectivity index is 2.21. The zero-order valence-electron chi connectivity index (χ0n) is 18.5. The highest BCUT2D eigenvalue weighted by Gasteiger charge is 2.20. The first-order valence-corrected chi connectivity index (χ1v) is 12.3. The van der Waals surface area contributed by atoms with E-state index < -0.39 is 27.0 Å². The Morgan fingerprint density at radius 1 is 0.781 bits per heavy atom. The molecule has 0 aliphatic carbocycles. The van der Waals surface area contributed by atoms with Gasteiger partial charge in [0.1, 0.15) is 4.90 Å². The van der Waals surface area contributed by atoms with Gasteiger partial charge in [0.05, 0.1) is 24.3 Å². The van der Waals surface area contributed by atoms with E-state index in [-0.39, 0.29) is 17.7 Å². The molecule has 2 rings (SSSR count). The number of carbonyl (C=O) groups excluding carboxylic acids is 2. The van der Waals surface area contributed by atoms with E-state index in [0.29, 0.717) is 17.7 Å². The van der Waals surface area contributed by atoms with Crippen LogP contribution in [0.1, 0.15) is 73.1 Å². The molecule has 0 aromatic heterocycles. The predicted octanol–water partition coefficient (Wildman–Crippen LogP) is 5.29. The van der Waals surface area contributed by atoms with Crippen LogP contribution in [0.5, 0.6) is 0 Å². The summed E-state index contributed by atoms with van der Waals surface area (Å²) >= 11 is 0. The molecule has 0 heterocycles. The Hall–Kier alpha value is -2.71. The number of hydrogen-bond donors (Lipinski definition) is 1. The van der Waals surface area contributed by atoms with Crippen molar-refractivity contribution in [2.24, 2.45) is 0 Å². The molecule has 0 atom stereocenters. The van der Waals surface area contributed by atoms with E-state index in [0.717, 1.165) is 44.6 Å². The highest BCUT2D eigenvalue weighted by molar-refractivity contribution is 7.86. The largest absolute Gasteiger partial charge is 0.462 e. The molecule has 0 bridgehead atoms. The number of carbonyl (C=O) groups is 2. The van der Waals surface area contributed by atoms with Gasteiger partial charge in [0.2, 0.25) is 0 Å². The molecule has 2 aromatic rings. The molecule has 7 nitrogen and oxygen atoms in total. The highest BCUT2D eigenvalue weighted by Crippen LogP contribution is 2.29. The lowest BCUT2D eigenvalue weighted by Gasteiger charge is -2.11. The first kappa shape index (κ1) is 25.5. The predicted molar refractivity (Wildman–Crippen MR) is 121 cm³/mol. The third kappa shape index (κ3) is 7.46. The molecule has 32 heavy (non-hydrogen) atoms. The van der Waals surface area contributed by atoms with Crippen LogP contribution in [-0.2, 0) is 19.6 Å². The van der Waals surface area contributed by atoms with Crippen LogP contribution in [-0.4, -0.2) is 38.1 Å². The molecular formula is C24H30O7S. The van der Waals surface area contributed by atoms with Crippen molar-refractivity contribution in [2.45, 2.75) is 57.3 Å². The minimum absolute atomic E-state index is 0.0325. The fraction of sp³-hybridized carbons (Fsp3) is 0.417. The monoisotopic (exact) mass is 462 g/mol. The van der Waals surface area contributed by atoms with Gasteiger partial charge in [-0.25, -0.2) is 9.59 Å². The molecule has 0 fully saturated rings. The van der Waals surface area contributed by atoms with Crippen LogP contribution in [0.2, 0.25) is 0 Å². The molecule has 1 N–H and O–H groups in total. The van der Waals surface area contributed by atoms with Gasteiger partial charge in [-0.1, -0.05) is 57.7 Å². The second-order valence-corrected chi connectivity index (χ2v) is 8.84. The van der Waals surface area contributed by atoms with E-state index in [1.54, 1.807) is 12.1 Å². The van der Waals surface area contributed by atoms with Gasteiger partial charge in [0, 0.05) is 5.56 Å². The molecule has 0 saturated carbocycles. The van der Waals surface area contributed by atoms with E-state index in [4.69, 9.17) is 9.47 Å². The van der Waals surface area contributed by atoms with E-state index >= 15 is 0 Å². The van der Waals surface area contributed by atoms with Gasteiger partial charge in [0.15, 0.2) is 0 Å². The molecule has 0 aliphatic rings. The molecule has 0 spiro atoms. The van der Waals surface area contributed by atoms with Crippen molar-refractivity contribution in [3.8, 4) is 11.1 Å². The summed E-state index contributed by atoms with van der Waals surface area (Å²) in [6.45, 7) is 4.68. The van der Waals surface area contributed by atoms with E-state index in [1.807, 2.05) is 6.92 Å². The molecule has 2 aromatic carbocycles. The average molecular weight is 463 g/mol. The van der Waals surface area contributed by atoms with Gasteiger partial charge in [0.25, 0.3) is 10.1 Å². The van der Waals surface area contributed by atoms with Crippen LogP contribution in [0.4, 0.5) is 0 Å². The molecule has 0 aliphatic heterocycles. The smallest absolute Gasteiger partial charge is 0.338 e. The summed E-state index contributed by atoms with van der Waals surface area (Å²) in [6.07, 6.45) is 5.42. The van der Waals surface area contributed by atoms with E-state index in [2.05, 4.69) is 6.92 Å². The third-order valence-electron chi connectivity index (χ3n) is 4.89. The van der Waals surface area contributed by atoms with Gasteiger partial charge in [-0.15, -0.1) is 0 Å². The van der Waals surface area contributed by atoms with Crippen LogP contribution in [0.15, 0.2) is 47.4 Å². The standard InChI is InChI=1S/C24H30O7S/c1-3-5-7-15-30-23(25)19-11-9-18(10-12-19)21-14-13-20(17-22(21)32(27,28)29)24(26)31-16-8-6-4-2/h9-14,17H,3-8,15-16H2,1-2H3,(H,27,28,29). The number of hydrogen-bond acceptors (Lipinski definition) is 6. The molecule has 0 unspecified atom stereocenters. The lowest BCUT2D eigenvalue weighted by molar-refractivity contribution is 0.0488. The summed E-state index contributed by atoms with van der Waals surface area (Å²) in [4.78, 5) is 23.9. The topological polar surface area (TPSA) is 107 Å². The Bertz CT molecular complexity index is 1010. The number of rotatable bonds is 12. The zero-order chi connectivity index (χ0) is 23.6. The lowest BCUT2D eigenvalue weighted by atomic mass is 10.0. The number of esters is 2. The van der Waals surface area contributed by atoms with Gasteiger partial charge < -0.3 is 9.47 Å². The minimum Gasteiger partial charge on any atom is -0.462 e. The SMILES string of the molecule is CCCCCOC(=O)c1ccc(-c2ccc(C(=O)OCCCCC)cc2S(=O)(=O)O)cc1. The Labute approximate surface area is 189 Å². The van der Waals surface area contributed by atoms with Crippen molar-refractivity contribution in [1.29, 1.82) is 0 Å². The molecule has 0 saturated heterocycles. The molecule has 8 heteroatoms. The number of ether oxygens (including phenoxy) is 2. The summed E-state index contributed by atoms with van der Waals surface area (Å²) in [5.74, 6) is -1.11. The maximum Gasteiger partial charge on any atom is 0.338 e. The highest BCUT2D eigenvalue weighted by atomic mass is 32.2. The van der Waals surface area contributed by atoms with Crippen LogP contribution in [0.25, 0.3) is 11.1 Å². The second kappa shape index (κ2) is 12.4.